The summed E-state index contributed by atoms with van der Waals surface area (Å²) in [6.45, 7) is 5.10. The molecule has 0 saturated heterocycles. The summed E-state index contributed by atoms with van der Waals surface area (Å²) in [6, 6.07) is 11.8. The molecular formula is C21H25NO5. The first-order valence-electron chi connectivity index (χ1n) is 8.69. The first kappa shape index (κ1) is 20.5. The van der Waals surface area contributed by atoms with Gasteiger partial charge in [-0.1, -0.05) is 26.0 Å². The maximum absolute atomic E-state index is 12.7. The highest BCUT2D eigenvalue weighted by Gasteiger charge is 2.15. The van der Waals surface area contributed by atoms with Crippen molar-refractivity contribution in [3.05, 3.63) is 59.2 Å². The van der Waals surface area contributed by atoms with Gasteiger partial charge >= 0.3 is 5.97 Å². The average Bonchev–Trinajstić information content (AvgIpc) is 2.67. The zero-order chi connectivity index (χ0) is 19.8. The highest BCUT2D eigenvalue weighted by atomic mass is 16.5. The van der Waals surface area contributed by atoms with Gasteiger partial charge in [0, 0.05) is 17.7 Å². The Morgan fingerprint density at radius 1 is 1.07 bits per heavy atom. The first-order chi connectivity index (χ1) is 13.0. The molecule has 27 heavy (non-hydrogen) atoms. The first-order valence-corrected chi connectivity index (χ1v) is 8.69. The van der Waals surface area contributed by atoms with Crippen molar-refractivity contribution in [1.82, 2.24) is 0 Å². The van der Waals surface area contributed by atoms with Crippen molar-refractivity contribution in [1.29, 1.82) is 0 Å². The van der Waals surface area contributed by atoms with Crippen molar-refractivity contribution in [2.45, 2.75) is 20.5 Å². The van der Waals surface area contributed by atoms with Crippen LogP contribution in [0.4, 0.5) is 5.69 Å². The van der Waals surface area contributed by atoms with Gasteiger partial charge in [-0.2, -0.15) is 0 Å². The molecule has 0 aromatic heterocycles. The number of ether oxygens (including phenoxy) is 3. The number of carbonyl (C=O) groups is 2. The van der Waals surface area contributed by atoms with Crippen molar-refractivity contribution in [3.8, 4) is 5.75 Å². The Bertz CT molecular complexity index is 801. The highest BCUT2D eigenvalue weighted by molar-refractivity contribution is 6.08. The summed E-state index contributed by atoms with van der Waals surface area (Å²) in [6.07, 6.45) is 0. The lowest BCUT2D eigenvalue weighted by Gasteiger charge is -2.13. The number of hydrogen-bond donors (Lipinski definition) is 1. The lowest BCUT2D eigenvalue weighted by atomic mass is 10.1. The average molecular weight is 371 g/mol. The van der Waals surface area contributed by atoms with Gasteiger partial charge in [0.1, 0.15) is 5.75 Å². The largest absolute Gasteiger partial charge is 0.496 e. The van der Waals surface area contributed by atoms with Crippen LogP contribution >= 0.6 is 0 Å². The van der Waals surface area contributed by atoms with E-state index >= 15 is 0 Å². The Kier molecular flexibility index (Phi) is 7.37. The number of esters is 1. The van der Waals surface area contributed by atoms with E-state index in [-0.39, 0.29) is 5.91 Å². The van der Waals surface area contributed by atoms with Gasteiger partial charge in [-0.15, -0.1) is 0 Å². The minimum absolute atomic E-state index is 0.294. The molecule has 0 aliphatic heterocycles. The molecule has 0 saturated carbocycles. The zero-order valence-electron chi connectivity index (χ0n) is 16.1. The molecule has 6 nitrogen and oxygen atoms in total. The van der Waals surface area contributed by atoms with Crippen molar-refractivity contribution in [2.24, 2.45) is 5.92 Å². The number of methoxy groups -OCH3 is 2. The third-order valence-corrected chi connectivity index (χ3v) is 3.83. The molecule has 144 valence electrons. The minimum Gasteiger partial charge on any atom is -0.496 e. The number of rotatable bonds is 8. The topological polar surface area (TPSA) is 73.9 Å². The van der Waals surface area contributed by atoms with Gasteiger partial charge in [-0.25, -0.2) is 4.79 Å². The number of amides is 1. The summed E-state index contributed by atoms with van der Waals surface area (Å²) in [5.41, 5.74) is 1.91. The Labute approximate surface area is 159 Å². The molecule has 2 rings (SSSR count). The normalized spacial score (nSPS) is 10.6. The Balaban J connectivity index is 2.20. The molecule has 0 unspecified atom stereocenters. The van der Waals surface area contributed by atoms with Gasteiger partial charge in [0.2, 0.25) is 0 Å². The van der Waals surface area contributed by atoms with Crippen LogP contribution in [0.3, 0.4) is 0 Å². The molecule has 0 spiro atoms. The monoisotopic (exact) mass is 371 g/mol. The molecule has 0 aliphatic rings. The van der Waals surface area contributed by atoms with Crippen LogP contribution in [0, 0.1) is 5.92 Å². The van der Waals surface area contributed by atoms with Crippen molar-refractivity contribution < 1.29 is 23.8 Å². The minimum atomic E-state index is -0.511. The zero-order valence-corrected chi connectivity index (χ0v) is 16.1. The molecule has 2 aromatic rings. The second-order valence-electron chi connectivity index (χ2n) is 6.43. The summed E-state index contributed by atoms with van der Waals surface area (Å²) < 4.78 is 15.8. The van der Waals surface area contributed by atoms with Crippen LogP contribution < -0.4 is 10.1 Å². The van der Waals surface area contributed by atoms with Crippen LogP contribution in [-0.2, 0) is 16.1 Å². The molecule has 0 atom stereocenters. The van der Waals surface area contributed by atoms with Crippen molar-refractivity contribution >= 4 is 17.6 Å². The number of carbonyl (C=O) groups excluding carboxylic acids is 2. The standard InChI is InChI=1S/C21H25NO5/c1-14(2)12-27-13-16-11-15(9-10-19(16)25-3)20(23)22-18-8-6-5-7-17(18)21(24)26-4/h5-11,14H,12-13H2,1-4H3,(H,22,23). The molecule has 2 aromatic carbocycles. The Morgan fingerprint density at radius 2 is 1.81 bits per heavy atom. The summed E-state index contributed by atoms with van der Waals surface area (Å²) in [4.78, 5) is 24.5. The van der Waals surface area contributed by atoms with Gasteiger partial charge < -0.3 is 19.5 Å². The van der Waals surface area contributed by atoms with Crippen LogP contribution in [0.25, 0.3) is 0 Å². The molecule has 0 aliphatic carbocycles. The second-order valence-corrected chi connectivity index (χ2v) is 6.43. The Hall–Kier alpha value is -2.86. The van der Waals surface area contributed by atoms with Crippen LogP contribution in [-0.4, -0.2) is 32.7 Å². The summed E-state index contributed by atoms with van der Waals surface area (Å²) in [5, 5.41) is 2.76. The van der Waals surface area contributed by atoms with Gasteiger partial charge in [-0.05, 0) is 36.2 Å². The van der Waals surface area contributed by atoms with Crippen LogP contribution in [0.15, 0.2) is 42.5 Å². The maximum atomic E-state index is 12.7. The van der Waals surface area contributed by atoms with E-state index in [2.05, 4.69) is 19.2 Å². The van der Waals surface area contributed by atoms with Gasteiger partial charge in [0.25, 0.3) is 5.91 Å². The molecule has 1 amide bonds. The van der Waals surface area contributed by atoms with Crippen molar-refractivity contribution in [3.63, 3.8) is 0 Å². The van der Waals surface area contributed by atoms with E-state index < -0.39 is 5.97 Å². The van der Waals surface area contributed by atoms with E-state index in [1.165, 1.54) is 7.11 Å². The predicted octanol–water partition coefficient (Wildman–Crippen LogP) is 3.91. The molecule has 1 N–H and O–H groups in total. The van der Waals surface area contributed by atoms with E-state index in [4.69, 9.17) is 14.2 Å². The lowest BCUT2D eigenvalue weighted by molar-refractivity contribution is 0.0602. The molecule has 6 heteroatoms. The smallest absolute Gasteiger partial charge is 0.339 e. The van der Waals surface area contributed by atoms with Crippen LogP contribution in [0.1, 0.15) is 40.1 Å². The van der Waals surface area contributed by atoms with E-state index in [9.17, 15) is 9.59 Å². The van der Waals surface area contributed by atoms with E-state index in [0.29, 0.717) is 41.7 Å². The number of anilines is 1. The fourth-order valence-corrected chi connectivity index (χ4v) is 2.51. The van der Waals surface area contributed by atoms with E-state index in [0.717, 1.165) is 5.56 Å². The number of benzene rings is 2. The molecular weight excluding hydrogens is 346 g/mol. The molecule has 0 heterocycles. The molecule has 0 fully saturated rings. The third kappa shape index (κ3) is 5.56. The SMILES string of the molecule is COC(=O)c1ccccc1NC(=O)c1ccc(OC)c(COCC(C)C)c1. The quantitative estimate of drug-likeness (QED) is 0.712. The fourth-order valence-electron chi connectivity index (χ4n) is 2.51. The highest BCUT2D eigenvalue weighted by Crippen LogP contribution is 2.23. The van der Waals surface area contributed by atoms with E-state index in [1.54, 1.807) is 49.6 Å². The van der Waals surface area contributed by atoms with Crippen molar-refractivity contribution in [2.75, 3.05) is 26.1 Å². The number of nitrogens with one attached hydrogen (secondary N) is 1. The molecule has 0 bridgehead atoms. The predicted molar refractivity (Wildman–Crippen MR) is 103 cm³/mol. The Morgan fingerprint density at radius 3 is 2.48 bits per heavy atom. The van der Waals surface area contributed by atoms with Gasteiger partial charge in [0.05, 0.1) is 32.1 Å². The summed E-state index contributed by atoms with van der Waals surface area (Å²) in [7, 11) is 2.88. The second kappa shape index (κ2) is 9.73. The van der Waals surface area contributed by atoms with Gasteiger partial charge in [-0.3, -0.25) is 4.79 Å². The number of hydrogen-bond acceptors (Lipinski definition) is 5. The van der Waals surface area contributed by atoms with Crippen LogP contribution in [0.2, 0.25) is 0 Å². The van der Waals surface area contributed by atoms with Gasteiger partial charge in [0.15, 0.2) is 0 Å². The maximum Gasteiger partial charge on any atom is 0.339 e. The fraction of sp³-hybridized carbons (Fsp3) is 0.333. The summed E-state index contributed by atoms with van der Waals surface area (Å²) >= 11 is 0. The number of para-hydroxylation sites is 1. The molecule has 0 radical (unpaired) electrons. The third-order valence-electron chi connectivity index (χ3n) is 3.83. The lowest BCUT2D eigenvalue weighted by Crippen LogP contribution is -2.16. The van der Waals surface area contributed by atoms with Crippen LogP contribution in [0.5, 0.6) is 5.75 Å². The summed E-state index contributed by atoms with van der Waals surface area (Å²) in [5.74, 6) is 0.227. The van der Waals surface area contributed by atoms with E-state index in [1.807, 2.05) is 0 Å².